The highest BCUT2D eigenvalue weighted by Crippen LogP contribution is 2.42. The van der Waals surface area contributed by atoms with E-state index in [1.165, 1.54) is 52.7 Å². The maximum atomic E-state index is 13.8. The summed E-state index contributed by atoms with van der Waals surface area (Å²) in [4.78, 5) is 32.5. The molecule has 8 aromatic rings. The molecule has 0 saturated heterocycles. The highest BCUT2D eigenvalue weighted by atomic mass is 16.1. The summed E-state index contributed by atoms with van der Waals surface area (Å²) in [6.07, 6.45) is 42.1. The molecule has 1 amide bonds. The number of hydrogen-bond donors (Lipinski definition) is 4. The third-order valence-corrected chi connectivity index (χ3v) is 17.4. The van der Waals surface area contributed by atoms with Gasteiger partial charge in [-0.3, -0.25) is 4.79 Å². The van der Waals surface area contributed by atoms with E-state index in [1.54, 1.807) is 0 Å². The van der Waals surface area contributed by atoms with Crippen LogP contribution in [0.1, 0.15) is 118 Å². The van der Waals surface area contributed by atoms with Gasteiger partial charge >= 0.3 is 0 Å². The van der Waals surface area contributed by atoms with Gasteiger partial charge in [0.15, 0.2) is 0 Å². The van der Waals surface area contributed by atoms with Crippen molar-refractivity contribution in [3.63, 3.8) is 0 Å². The van der Waals surface area contributed by atoms with Gasteiger partial charge in [0.1, 0.15) is 0 Å². The molecule has 2 aliphatic heterocycles. The fourth-order valence-corrected chi connectivity index (χ4v) is 12.1. The van der Waals surface area contributed by atoms with E-state index in [0.29, 0.717) is 11.3 Å². The van der Waals surface area contributed by atoms with Crippen LogP contribution in [0.2, 0.25) is 0 Å². The van der Waals surface area contributed by atoms with Gasteiger partial charge in [0.25, 0.3) is 5.91 Å². The number of allylic oxidation sites excluding steroid dienone is 19. The van der Waals surface area contributed by atoms with Crippen molar-refractivity contribution in [3.8, 4) is 44.5 Å². The lowest BCUT2D eigenvalue weighted by molar-refractivity contribution is 0.102. The summed E-state index contributed by atoms with van der Waals surface area (Å²) in [6, 6.07) is 50.1. The van der Waals surface area contributed by atoms with Gasteiger partial charge in [-0.1, -0.05) is 223 Å². The van der Waals surface area contributed by atoms with Gasteiger partial charge in [-0.2, -0.15) is 0 Å². The largest absolute Gasteiger partial charge is 0.388 e. The van der Waals surface area contributed by atoms with Crippen molar-refractivity contribution in [2.45, 2.75) is 81.6 Å². The summed E-state index contributed by atoms with van der Waals surface area (Å²) in [5, 5.41) is 6.42. The van der Waals surface area contributed by atoms with Crippen molar-refractivity contribution in [3.05, 3.63) is 303 Å². The molecule has 7 heteroatoms. The molecule has 7 nitrogen and oxygen atoms in total. The average Bonchev–Trinajstić information content (AvgIpc) is 1.66. The molecule has 92 heavy (non-hydrogen) atoms. The molecule has 3 aliphatic rings. The number of benzene rings is 5. The topological polar surface area (TPSA) is 98.5 Å². The zero-order valence-corrected chi connectivity index (χ0v) is 54.7. The Bertz CT molecular complexity index is 4600. The summed E-state index contributed by atoms with van der Waals surface area (Å²) in [7, 11) is 1.94. The highest BCUT2D eigenvalue weighted by molar-refractivity contribution is 6.05. The molecule has 0 atom stereocenters. The Hall–Kier alpha value is -10.6. The number of fused-ring (bicyclic) bond motifs is 8. The normalized spacial score (nSPS) is 14.8. The Labute approximate surface area is 543 Å². The second kappa shape index (κ2) is 28.5. The van der Waals surface area contributed by atoms with Crippen LogP contribution in [-0.2, 0) is 0 Å². The zero-order valence-electron chi connectivity index (χ0n) is 54.7. The SMILES string of the molecule is CNc1ccc(-c2c3nc(c(-c4ccc(C)cc4)c4ccc([nH]4)c(-c4ccc(NC(=O)c5ccc(/C=C/C(C)=C/C=C/C(C)=C/C=C/C=C(C)/C=C/C=C(C)/C=C/C6=C(C)CCCC6(C)C)cc5)cc4)c4nc(c(-c5ccc(C)cc5)c5ccc2[nH]5)C=C4)C=C3)cc1. The molecule has 0 saturated carbocycles. The number of rotatable bonds is 17. The Morgan fingerprint density at radius 3 is 1.25 bits per heavy atom. The summed E-state index contributed by atoms with van der Waals surface area (Å²) in [5.41, 5.74) is 28.6. The van der Waals surface area contributed by atoms with Crippen molar-refractivity contribution in [2.24, 2.45) is 5.41 Å². The first kappa shape index (κ1) is 63.0. The van der Waals surface area contributed by atoms with Crippen molar-refractivity contribution >= 4 is 69.7 Å². The minimum Gasteiger partial charge on any atom is -0.388 e. The van der Waals surface area contributed by atoms with Crippen LogP contribution in [0.4, 0.5) is 11.4 Å². The van der Waals surface area contributed by atoms with E-state index < -0.39 is 0 Å². The van der Waals surface area contributed by atoms with Crippen LogP contribution >= 0.6 is 0 Å². The number of nitrogens with one attached hydrogen (secondary N) is 4. The Balaban J connectivity index is 0.815. The first-order valence-corrected chi connectivity index (χ1v) is 31.9. The van der Waals surface area contributed by atoms with Crippen molar-refractivity contribution in [1.29, 1.82) is 0 Å². The van der Waals surface area contributed by atoms with E-state index in [2.05, 4.69) is 301 Å². The molecular weight excluding hydrogens is 1120 g/mol. The Morgan fingerprint density at radius 2 is 0.837 bits per heavy atom. The van der Waals surface area contributed by atoms with Crippen molar-refractivity contribution in [1.82, 2.24) is 19.9 Å². The van der Waals surface area contributed by atoms with Gasteiger partial charge in [0.2, 0.25) is 0 Å². The Morgan fingerprint density at radius 1 is 0.457 bits per heavy atom. The molecule has 0 spiro atoms. The summed E-state index contributed by atoms with van der Waals surface area (Å²) < 4.78 is 0. The molecule has 458 valence electrons. The molecule has 3 aromatic heterocycles. The zero-order chi connectivity index (χ0) is 64.3. The van der Waals surface area contributed by atoms with Gasteiger partial charge < -0.3 is 20.6 Å². The maximum absolute atomic E-state index is 13.8. The molecule has 0 fully saturated rings. The van der Waals surface area contributed by atoms with Crippen molar-refractivity contribution < 1.29 is 4.79 Å². The molecule has 0 unspecified atom stereocenters. The van der Waals surface area contributed by atoms with Crippen LogP contribution in [0.5, 0.6) is 0 Å². The lowest BCUT2D eigenvalue weighted by Gasteiger charge is -2.32. The van der Waals surface area contributed by atoms with E-state index in [4.69, 9.17) is 9.97 Å². The second-order valence-electron chi connectivity index (χ2n) is 25.1. The number of aryl methyl sites for hydroxylation is 2. The van der Waals surface area contributed by atoms with Crippen LogP contribution in [0.15, 0.2) is 258 Å². The number of amides is 1. The summed E-state index contributed by atoms with van der Waals surface area (Å²) in [6.45, 7) is 19.7. The smallest absolute Gasteiger partial charge is 0.255 e. The molecule has 0 radical (unpaired) electrons. The number of aromatic nitrogens is 4. The third kappa shape index (κ3) is 15.2. The van der Waals surface area contributed by atoms with Crippen LogP contribution in [0.25, 0.3) is 97.0 Å². The van der Waals surface area contributed by atoms with Crippen LogP contribution in [-0.4, -0.2) is 32.9 Å². The maximum Gasteiger partial charge on any atom is 0.255 e. The number of anilines is 2. The molecule has 11 rings (SSSR count). The standard InChI is InChI=1S/C85H82N6O/c1-56(16-11-12-17-57(2)19-14-21-59(4)28-46-71-62(7)22-15-55-85(71,8)9)18-13-20-58(3)23-29-63-30-36-68(37-31-63)84(92)87-70-44-40-67(41-45-70)83-78-53-49-74(90-78)80(64-32-24-60(5)25-33-64)72-47-51-76(88-72)82(66-38-42-69(86-10)43-39-66)77-52-48-73(89-77)81(75-50-54-79(83)91-75)65-34-26-61(6)27-35-65/h11-14,16-21,23-54,86,88,91H,15,22,55H2,1-10H3,(H,87,92)/b12-11+,18-13+,19-14+,29-23+,46-28+,56-16+,57-17+,58-20+,59-21+,80-72?,80-74?,81-73?,81-75?,82-76?,82-77?,83-78?,83-79?. The van der Waals surface area contributed by atoms with Gasteiger partial charge in [0.05, 0.1) is 22.8 Å². The lowest BCUT2D eigenvalue weighted by atomic mass is 9.72. The number of aromatic amines is 2. The minimum absolute atomic E-state index is 0.190. The Kier molecular flexibility index (Phi) is 19.5. The number of hydrogen-bond acceptors (Lipinski definition) is 4. The van der Waals surface area contributed by atoms with E-state index in [9.17, 15) is 4.79 Å². The van der Waals surface area contributed by atoms with Gasteiger partial charge in [-0.25, -0.2) is 9.97 Å². The fourth-order valence-electron chi connectivity index (χ4n) is 12.1. The molecule has 5 heterocycles. The molecule has 5 aromatic carbocycles. The van der Waals surface area contributed by atoms with Gasteiger partial charge in [-0.15, -0.1) is 0 Å². The molecule has 8 bridgehead atoms. The van der Waals surface area contributed by atoms with E-state index >= 15 is 0 Å². The second-order valence-corrected chi connectivity index (χ2v) is 25.1. The first-order valence-electron chi connectivity index (χ1n) is 31.9. The molecule has 1 aliphatic carbocycles. The lowest BCUT2D eigenvalue weighted by Crippen LogP contribution is -2.19. The van der Waals surface area contributed by atoms with Crippen LogP contribution < -0.4 is 10.6 Å². The monoisotopic (exact) mass is 1200 g/mol. The summed E-state index contributed by atoms with van der Waals surface area (Å²) >= 11 is 0. The van der Waals surface area contributed by atoms with Crippen molar-refractivity contribution in [2.75, 3.05) is 17.7 Å². The van der Waals surface area contributed by atoms with E-state index in [0.717, 1.165) is 112 Å². The predicted molar refractivity (Wildman–Crippen MR) is 395 cm³/mol. The first-order chi connectivity index (χ1) is 44.5. The van der Waals surface area contributed by atoms with Gasteiger partial charge in [-0.05, 0) is 192 Å². The van der Waals surface area contributed by atoms with Crippen LogP contribution in [0, 0.1) is 19.3 Å². The minimum atomic E-state index is -0.190. The number of nitrogens with zero attached hydrogens (tertiary/aromatic N) is 2. The van der Waals surface area contributed by atoms with E-state index in [1.807, 2.05) is 43.4 Å². The molecular formula is C85H82N6O. The number of H-pyrrole nitrogens is 2. The number of carbonyl (C=O) groups is 1. The fraction of sp³-hybridized carbons (Fsp3) is 0.165. The van der Waals surface area contributed by atoms with E-state index in [-0.39, 0.29) is 11.3 Å². The predicted octanol–water partition coefficient (Wildman–Crippen LogP) is 22.8. The number of carbonyl (C=O) groups excluding carboxylic acids is 1. The summed E-state index contributed by atoms with van der Waals surface area (Å²) in [5.74, 6) is -0.190. The quantitative estimate of drug-likeness (QED) is 0.0683. The van der Waals surface area contributed by atoms with Gasteiger partial charge in [0, 0.05) is 68.3 Å². The highest BCUT2D eigenvalue weighted by Gasteiger charge is 2.27. The third-order valence-electron chi connectivity index (χ3n) is 17.4. The van der Waals surface area contributed by atoms with Crippen LogP contribution in [0.3, 0.4) is 0 Å². The average molecular weight is 1200 g/mol. The molecule has 4 N–H and O–H groups in total.